The van der Waals surface area contributed by atoms with Crippen LogP contribution in [0, 0.1) is 0 Å². The maximum absolute atomic E-state index is 6.18. The van der Waals surface area contributed by atoms with Crippen molar-refractivity contribution in [2.45, 2.75) is 24.3 Å². The van der Waals surface area contributed by atoms with Crippen LogP contribution < -0.4 is 9.47 Å². The van der Waals surface area contributed by atoms with Crippen LogP contribution in [0.2, 0.25) is 0 Å². The smallest absolute Gasteiger partial charge is 0.166 e. The fraction of sp³-hybridized carbons (Fsp3) is 0.538. The van der Waals surface area contributed by atoms with Crippen LogP contribution in [0.1, 0.15) is 24.5 Å². The van der Waals surface area contributed by atoms with Gasteiger partial charge in [-0.3, -0.25) is 0 Å². The number of benzene rings is 1. The molecule has 2 rings (SSSR count). The molecule has 0 amide bonds. The molecule has 1 aliphatic rings. The second kappa shape index (κ2) is 5.61. The van der Waals surface area contributed by atoms with Crippen molar-refractivity contribution in [3.8, 4) is 11.5 Å². The topological polar surface area (TPSA) is 27.7 Å². The van der Waals surface area contributed by atoms with E-state index in [0.717, 1.165) is 29.9 Å². The van der Waals surface area contributed by atoms with Gasteiger partial charge in [-0.15, -0.1) is 11.6 Å². The molecule has 0 aromatic heterocycles. The van der Waals surface area contributed by atoms with Crippen molar-refractivity contribution in [2.24, 2.45) is 0 Å². The van der Waals surface area contributed by atoms with Crippen molar-refractivity contribution in [1.29, 1.82) is 0 Å². The Morgan fingerprint density at radius 1 is 1.29 bits per heavy atom. The molecule has 17 heavy (non-hydrogen) atoms. The molecule has 1 heterocycles. The Balaban J connectivity index is 2.30. The molecule has 0 bridgehead atoms. The summed E-state index contributed by atoms with van der Waals surface area (Å²) >= 11 is 6.18. The third-order valence-electron chi connectivity index (χ3n) is 3.00. The van der Waals surface area contributed by atoms with E-state index in [2.05, 4.69) is 0 Å². The zero-order chi connectivity index (χ0) is 12.3. The molecule has 0 radical (unpaired) electrons. The molecule has 1 fully saturated rings. The van der Waals surface area contributed by atoms with E-state index in [1.165, 1.54) is 0 Å². The molecule has 94 valence electrons. The summed E-state index contributed by atoms with van der Waals surface area (Å²) in [6.45, 7) is 0.694. The van der Waals surface area contributed by atoms with Crippen molar-refractivity contribution in [3.63, 3.8) is 0 Å². The standard InChI is InChI=1S/C13H17ClO3/c1-15-11-5-3-4-10(13(11)16-2)12-8-9(14)6-7-17-12/h3-5,9,12H,6-8H2,1-2H3. The molecule has 1 aromatic rings. The van der Waals surface area contributed by atoms with Gasteiger partial charge in [0.2, 0.25) is 0 Å². The summed E-state index contributed by atoms with van der Waals surface area (Å²) in [4.78, 5) is 0. The van der Waals surface area contributed by atoms with Gasteiger partial charge in [-0.2, -0.15) is 0 Å². The highest BCUT2D eigenvalue weighted by molar-refractivity contribution is 6.20. The number of hydrogen-bond donors (Lipinski definition) is 0. The lowest BCUT2D eigenvalue weighted by Gasteiger charge is -2.27. The van der Waals surface area contributed by atoms with Gasteiger partial charge < -0.3 is 14.2 Å². The molecule has 1 saturated heterocycles. The number of para-hydroxylation sites is 1. The molecule has 0 aliphatic carbocycles. The minimum absolute atomic E-state index is 0.00343. The van der Waals surface area contributed by atoms with Crippen LogP contribution in [-0.2, 0) is 4.74 Å². The van der Waals surface area contributed by atoms with E-state index < -0.39 is 0 Å². The third kappa shape index (κ3) is 2.67. The lowest BCUT2D eigenvalue weighted by Crippen LogP contribution is -2.20. The Morgan fingerprint density at radius 3 is 2.76 bits per heavy atom. The molecule has 3 nitrogen and oxygen atoms in total. The van der Waals surface area contributed by atoms with Gasteiger partial charge >= 0.3 is 0 Å². The van der Waals surface area contributed by atoms with Gasteiger partial charge in [-0.25, -0.2) is 0 Å². The van der Waals surface area contributed by atoms with Crippen molar-refractivity contribution >= 4 is 11.6 Å². The molecule has 0 saturated carbocycles. The largest absolute Gasteiger partial charge is 0.493 e. The Morgan fingerprint density at radius 2 is 2.12 bits per heavy atom. The first-order valence-electron chi connectivity index (χ1n) is 5.72. The monoisotopic (exact) mass is 256 g/mol. The van der Waals surface area contributed by atoms with E-state index in [-0.39, 0.29) is 11.5 Å². The quantitative estimate of drug-likeness (QED) is 0.778. The van der Waals surface area contributed by atoms with Crippen LogP contribution in [0.5, 0.6) is 11.5 Å². The highest BCUT2D eigenvalue weighted by atomic mass is 35.5. The predicted molar refractivity (Wildman–Crippen MR) is 67.1 cm³/mol. The average Bonchev–Trinajstić information content (AvgIpc) is 2.37. The highest BCUT2D eigenvalue weighted by Crippen LogP contribution is 2.40. The first kappa shape index (κ1) is 12.5. The molecule has 2 unspecified atom stereocenters. The number of rotatable bonds is 3. The Bertz CT molecular complexity index is 381. The van der Waals surface area contributed by atoms with Gasteiger partial charge in [-0.1, -0.05) is 12.1 Å². The van der Waals surface area contributed by atoms with Crippen molar-refractivity contribution < 1.29 is 14.2 Å². The fourth-order valence-electron chi connectivity index (χ4n) is 2.14. The zero-order valence-corrected chi connectivity index (χ0v) is 10.9. The van der Waals surface area contributed by atoms with E-state index in [1.807, 2.05) is 18.2 Å². The minimum atomic E-state index is -0.00343. The minimum Gasteiger partial charge on any atom is -0.493 e. The lowest BCUT2D eigenvalue weighted by atomic mass is 10.00. The summed E-state index contributed by atoms with van der Waals surface area (Å²) in [6.07, 6.45) is 1.71. The summed E-state index contributed by atoms with van der Waals surface area (Å²) in [6, 6.07) is 5.82. The van der Waals surface area contributed by atoms with Crippen molar-refractivity contribution in [1.82, 2.24) is 0 Å². The van der Waals surface area contributed by atoms with Crippen molar-refractivity contribution in [2.75, 3.05) is 20.8 Å². The molecule has 1 aromatic carbocycles. The Kier molecular flexibility index (Phi) is 4.13. The predicted octanol–water partition coefficient (Wildman–Crippen LogP) is 3.16. The van der Waals surface area contributed by atoms with Crippen LogP contribution in [0.25, 0.3) is 0 Å². The highest BCUT2D eigenvalue weighted by Gasteiger charge is 2.26. The number of hydrogen-bond acceptors (Lipinski definition) is 3. The van der Waals surface area contributed by atoms with E-state index >= 15 is 0 Å². The maximum atomic E-state index is 6.18. The van der Waals surface area contributed by atoms with Crippen LogP contribution >= 0.6 is 11.6 Å². The molecular weight excluding hydrogens is 240 g/mol. The zero-order valence-electron chi connectivity index (χ0n) is 10.1. The van der Waals surface area contributed by atoms with Crippen LogP contribution in [0.15, 0.2) is 18.2 Å². The van der Waals surface area contributed by atoms with E-state index in [9.17, 15) is 0 Å². The van der Waals surface area contributed by atoms with Crippen LogP contribution in [-0.4, -0.2) is 26.2 Å². The fourth-order valence-corrected chi connectivity index (χ4v) is 2.39. The van der Waals surface area contributed by atoms with Gasteiger partial charge in [0.25, 0.3) is 0 Å². The van der Waals surface area contributed by atoms with E-state index in [0.29, 0.717) is 6.61 Å². The Hall–Kier alpha value is -0.930. The molecule has 4 heteroatoms. The van der Waals surface area contributed by atoms with Crippen LogP contribution in [0.4, 0.5) is 0 Å². The number of alkyl halides is 1. The SMILES string of the molecule is COc1cccc(C2CC(Cl)CCO2)c1OC. The number of methoxy groups -OCH3 is 2. The van der Waals surface area contributed by atoms with Gasteiger partial charge in [0, 0.05) is 17.5 Å². The number of ether oxygens (including phenoxy) is 3. The van der Waals surface area contributed by atoms with Gasteiger partial charge in [0.15, 0.2) is 11.5 Å². The summed E-state index contributed by atoms with van der Waals surface area (Å²) in [5.74, 6) is 1.47. The molecule has 0 spiro atoms. The lowest BCUT2D eigenvalue weighted by molar-refractivity contribution is 0.0153. The van der Waals surface area contributed by atoms with Gasteiger partial charge in [0.1, 0.15) is 0 Å². The molecule has 2 atom stereocenters. The Labute approximate surface area is 107 Å². The van der Waals surface area contributed by atoms with E-state index in [1.54, 1.807) is 14.2 Å². The second-order valence-electron chi connectivity index (χ2n) is 4.06. The van der Waals surface area contributed by atoms with E-state index in [4.69, 9.17) is 25.8 Å². The molecule has 1 aliphatic heterocycles. The summed E-state index contributed by atoms with van der Waals surface area (Å²) in [5.41, 5.74) is 1.01. The normalized spacial score (nSPS) is 24.4. The van der Waals surface area contributed by atoms with Gasteiger partial charge in [-0.05, 0) is 18.9 Å². The maximum Gasteiger partial charge on any atom is 0.166 e. The average molecular weight is 257 g/mol. The molecule has 0 N–H and O–H groups in total. The third-order valence-corrected chi connectivity index (χ3v) is 3.40. The second-order valence-corrected chi connectivity index (χ2v) is 4.68. The summed E-state index contributed by atoms with van der Waals surface area (Å²) < 4.78 is 16.4. The van der Waals surface area contributed by atoms with Crippen LogP contribution in [0.3, 0.4) is 0 Å². The molecular formula is C13H17ClO3. The summed E-state index contributed by atoms with van der Waals surface area (Å²) in [5, 5.41) is 0.171. The van der Waals surface area contributed by atoms with Crippen molar-refractivity contribution in [3.05, 3.63) is 23.8 Å². The van der Waals surface area contributed by atoms with Gasteiger partial charge in [0.05, 0.1) is 20.3 Å². The summed E-state index contributed by atoms with van der Waals surface area (Å²) in [7, 11) is 3.27. The number of halogens is 1. The first-order valence-corrected chi connectivity index (χ1v) is 6.16. The first-order chi connectivity index (χ1) is 8.26.